The van der Waals surface area contributed by atoms with Gasteiger partial charge in [-0.25, -0.2) is 4.79 Å². The molecule has 0 atom stereocenters. The summed E-state index contributed by atoms with van der Waals surface area (Å²) < 4.78 is 0. The molecule has 0 radical (unpaired) electrons. The van der Waals surface area contributed by atoms with Crippen LogP contribution < -0.4 is 5.32 Å². The topological polar surface area (TPSA) is 73.1 Å². The van der Waals surface area contributed by atoms with Crippen molar-refractivity contribution < 1.29 is 9.90 Å². The van der Waals surface area contributed by atoms with Gasteiger partial charge in [0.2, 0.25) is 0 Å². The van der Waals surface area contributed by atoms with Gasteiger partial charge in [-0.3, -0.25) is 0 Å². The van der Waals surface area contributed by atoms with Gasteiger partial charge in [-0.1, -0.05) is 30.3 Å². The molecule has 0 fully saturated rings. The molecule has 0 aliphatic rings. The number of nitrogens with one attached hydrogen (secondary N) is 1. The second-order valence-corrected chi connectivity index (χ2v) is 3.16. The highest BCUT2D eigenvalue weighted by Crippen LogP contribution is 1.98. The lowest BCUT2D eigenvalue weighted by Gasteiger charge is -2.01. The van der Waals surface area contributed by atoms with E-state index in [2.05, 4.69) is 5.32 Å². The standard InChI is InChI=1S/C12H12N2O2/c13-8-11(12(15)16)9-14-7-6-10-4-2-1-3-5-10/h1-5,9,14H,6-7H2,(H,15,16)/b11-9+. The number of benzene rings is 1. The van der Waals surface area contributed by atoms with E-state index in [0.717, 1.165) is 12.0 Å². The molecule has 0 spiro atoms. The summed E-state index contributed by atoms with van der Waals surface area (Å²) in [6.45, 7) is 0.600. The van der Waals surface area contributed by atoms with E-state index in [1.165, 1.54) is 6.20 Å². The summed E-state index contributed by atoms with van der Waals surface area (Å²) in [6, 6.07) is 11.4. The SMILES string of the molecule is N#C/C(=C\NCCc1ccccc1)C(=O)O. The molecule has 0 bridgehead atoms. The maximum atomic E-state index is 10.5. The van der Waals surface area contributed by atoms with Gasteiger partial charge in [-0.05, 0) is 12.0 Å². The van der Waals surface area contributed by atoms with Crippen LogP contribution in [-0.2, 0) is 11.2 Å². The van der Waals surface area contributed by atoms with Crippen LogP contribution in [0, 0.1) is 11.3 Å². The van der Waals surface area contributed by atoms with Crippen LogP contribution in [-0.4, -0.2) is 17.6 Å². The Morgan fingerprint density at radius 3 is 2.69 bits per heavy atom. The van der Waals surface area contributed by atoms with Gasteiger partial charge in [0.05, 0.1) is 0 Å². The van der Waals surface area contributed by atoms with E-state index in [0.29, 0.717) is 6.54 Å². The van der Waals surface area contributed by atoms with Gasteiger partial charge in [0.15, 0.2) is 5.57 Å². The highest BCUT2D eigenvalue weighted by atomic mass is 16.4. The van der Waals surface area contributed by atoms with Gasteiger partial charge >= 0.3 is 5.97 Å². The average molecular weight is 216 g/mol. The number of carboxylic acids is 1. The molecule has 0 amide bonds. The fourth-order valence-corrected chi connectivity index (χ4v) is 1.18. The number of nitriles is 1. The Balaban J connectivity index is 2.37. The first-order valence-corrected chi connectivity index (χ1v) is 4.85. The Bertz CT molecular complexity index is 418. The monoisotopic (exact) mass is 216 g/mol. The molecule has 16 heavy (non-hydrogen) atoms. The van der Waals surface area contributed by atoms with E-state index >= 15 is 0 Å². The zero-order valence-electron chi connectivity index (χ0n) is 8.68. The molecule has 0 saturated carbocycles. The smallest absolute Gasteiger partial charge is 0.347 e. The summed E-state index contributed by atoms with van der Waals surface area (Å²) in [5.41, 5.74) is 0.880. The molecular weight excluding hydrogens is 204 g/mol. The predicted molar refractivity (Wildman–Crippen MR) is 59.5 cm³/mol. The quantitative estimate of drug-likeness (QED) is 0.442. The number of carboxylic acid groups (broad SMARTS) is 1. The van der Waals surface area contributed by atoms with Gasteiger partial charge < -0.3 is 10.4 Å². The van der Waals surface area contributed by atoms with Crippen LogP contribution >= 0.6 is 0 Å². The summed E-state index contributed by atoms with van der Waals surface area (Å²) in [5, 5.41) is 19.8. The molecule has 4 nitrogen and oxygen atoms in total. The van der Waals surface area contributed by atoms with Crippen molar-refractivity contribution in [3.63, 3.8) is 0 Å². The van der Waals surface area contributed by atoms with Gasteiger partial charge in [-0.2, -0.15) is 5.26 Å². The minimum absolute atomic E-state index is 0.284. The van der Waals surface area contributed by atoms with E-state index in [1.807, 2.05) is 30.3 Å². The first-order chi connectivity index (χ1) is 7.74. The Kier molecular flexibility index (Phi) is 4.61. The molecular formula is C12H12N2O2. The molecule has 4 heteroatoms. The number of nitrogens with zero attached hydrogens (tertiary/aromatic N) is 1. The zero-order valence-corrected chi connectivity index (χ0v) is 8.68. The molecule has 0 heterocycles. The van der Waals surface area contributed by atoms with E-state index in [9.17, 15) is 4.79 Å². The van der Waals surface area contributed by atoms with Crippen LogP contribution in [0.15, 0.2) is 42.1 Å². The summed E-state index contributed by atoms with van der Waals surface area (Å²) in [4.78, 5) is 10.5. The van der Waals surface area contributed by atoms with Crippen LogP contribution in [0.4, 0.5) is 0 Å². The summed E-state index contributed by atoms with van der Waals surface area (Å²) in [7, 11) is 0. The lowest BCUT2D eigenvalue weighted by atomic mass is 10.1. The van der Waals surface area contributed by atoms with Crippen molar-refractivity contribution in [3.8, 4) is 6.07 Å². The molecule has 1 rings (SSSR count). The van der Waals surface area contributed by atoms with Crippen LogP contribution in [0.2, 0.25) is 0 Å². The molecule has 0 saturated heterocycles. The van der Waals surface area contributed by atoms with Crippen LogP contribution in [0.1, 0.15) is 5.56 Å². The molecule has 82 valence electrons. The Morgan fingerprint density at radius 2 is 2.12 bits per heavy atom. The van der Waals surface area contributed by atoms with E-state index in [4.69, 9.17) is 10.4 Å². The van der Waals surface area contributed by atoms with E-state index in [1.54, 1.807) is 6.07 Å². The lowest BCUT2D eigenvalue weighted by molar-refractivity contribution is -0.132. The summed E-state index contributed by atoms with van der Waals surface area (Å²) in [5.74, 6) is -1.21. The van der Waals surface area contributed by atoms with E-state index in [-0.39, 0.29) is 5.57 Å². The number of carbonyl (C=O) groups is 1. The third-order valence-electron chi connectivity index (χ3n) is 2.00. The molecule has 0 unspecified atom stereocenters. The highest BCUT2D eigenvalue weighted by Gasteiger charge is 2.03. The van der Waals surface area contributed by atoms with Gasteiger partial charge in [0, 0.05) is 12.7 Å². The van der Waals surface area contributed by atoms with Crippen molar-refractivity contribution in [2.75, 3.05) is 6.54 Å². The van der Waals surface area contributed by atoms with Crippen molar-refractivity contribution in [1.29, 1.82) is 5.26 Å². The molecule has 1 aromatic rings. The molecule has 2 N–H and O–H groups in total. The zero-order chi connectivity index (χ0) is 11.8. The Morgan fingerprint density at radius 1 is 1.44 bits per heavy atom. The van der Waals surface area contributed by atoms with Crippen molar-refractivity contribution in [3.05, 3.63) is 47.7 Å². The number of hydrogen-bond acceptors (Lipinski definition) is 3. The van der Waals surface area contributed by atoms with Crippen LogP contribution in [0.5, 0.6) is 0 Å². The molecule has 1 aromatic carbocycles. The third kappa shape index (κ3) is 3.84. The van der Waals surface area contributed by atoms with Gasteiger partial charge in [0.25, 0.3) is 0 Å². The van der Waals surface area contributed by atoms with Crippen LogP contribution in [0.3, 0.4) is 0 Å². The summed E-state index contributed by atoms with van der Waals surface area (Å²) >= 11 is 0. The normalized spacial score (nSPS) is 10.6. The van der Waals surface area contributed by atoms with Crippen molar-refractivity contribution in [2.45, 2.75) is 6.42 Å². The molecule has 0 aromatic heterocycles. The Labute approximate surface area is 93.8 Å². The molecule has 0 aliphatic heterocycles. The van der Waals surface area contributed by atoms with E-state index < -0.39 is 5.97 Å². The second-order valence-electron chi connectivity index (χ2n) is 3.16. The lowest BCUT2D eigenvalue weighted by Crippen LogP contribution is -2.12. The first-order valence-electron chi connectivity index (χ1n) is 4.85. The van der Waals surface area contributed by atoms with Gasteiger partial charge in [0.1, 0.15) is 6.07 Å². The largest absolute Gasteiger partial charge is 0.477 e. The average Bonchev–Trinajstić information content (AvgIpc) is 2.30. The second kappa shape index (κ2) is 6.25. The van der Waals surface area contributed by atoms with Crippen molar-refractivity contribution in [1.82, 2.24) is 5.32 Å². The minimum Gasteiger partial charge on any atom is -0.477 e. The predicted octanol–water partition coefficient (Wildman–Crippen LogP) is 1.31. The minimum atomic E-state index is -1.21. The summed E-state index contributed by atoms with van der Waals surface area (Å²) in [6.07, 6.45) is 2.01. The molecule has 0 aliphatic carbocycles. The highest BCUT2D eigenvalue weighted by molar-refractivity contribution is 5.90. The first kappa shape index (κ1) is 11.8. The number of aliphatic carboxylic acids is 1. The third-order valence-corrected chi connectivity index (χ3v) is 2.00. The Hall–Kier alpha value is -2.28. The van der Waals surface area contributed by atoms with Crippen molar-refractivity contribution >= 4 is 5.97 Å². The van der Waals surface area contributed by atoms with Gasteiger partial charge in [-0.15, -0.1) is 0 Å². The van der Waals surface area contributed by atoms with Crippen molar-refractivity contribution in [2.24, 2.45) is 0 Å². The number of hydrogen-bond donors (Lipinski definition) is 2. The number of rotatable bonds is 5. The maximum absolute atomic E-state index is 10.5. The fraction of sp³-hybridized carbons (Fsp3) is 0.167. The van der Waals surface area contributed by atoms with Crippen LogP contribution in [0.25, 0.3) is 0 Å². The maximum Gasteiger partial charge on any atom is 0.347 e. The fourth-order valence-electron chi connectivity index (χ4n) is 1.18.